The van der Waals surface area contributed by atoms with E-state index in [2.05, 4.69) is 25.8 Å². The first-order valence-corrected chi connectivity index (χ1v) is 8.46. The lowest BCUT2D eigenvalue weighted by molar-refractivity contribution is -0.141. The van der Waals surface area contributed by atoms with Gasteiger partial charge in [0.1, 0.15) is 17.2 Å². The minimum absolute atomic E-state index is 0.0149. The zero-order chi connectivity index (χ0) is 21.6. The van der Waals surface area contributed by atoms with Gasteiger partial charge >= 0.3 is 6.18 Å². The van der Waals surface area contributed by atoms with Crippen LogP contribution in [-0.2, 0) is 6.18 Å². The quantitative estimate of drug-likeness (QED) is 0.488. The third-order valence-electron chi connectivity index (χ3n) is 3.72. The van der Waals surface area contributed by atoms with Crippen LogP contribution in [0, 0.1) is 11.3 Å². The third-order valence-corrected chi connectivity index (χ3v) is 3.72. The predicted octanol–water partition coefficient (Wildman–Crippen LogP) is 4.07. The van der Waals surface area contributed by atoms with E-state index in [4.69, 9.17) is 5.26 Å². The average molecular weight is 410 g/mol. The summed E-state index contributed by atoms with van der Waals surface area (Å²) in [4.78, 5) is 19.6. The number of hydrogen-bond acceptors (Lipinski definition) is 6. The molecule has 1 amide bonds. The number of rotatable bonds is 5. The van der Waals surface area contributed by atoms with Crippen LogP contribution in [0.2, 0.25) is 0 Å². The molecule has 0 saturated heterocycles. The highest BCUT2D eigenvalue weighted by atomic mass is 19.4. The fourth-order valence-corrected chi connectivity index (χ4v) is 2.30. The molecule has 3 rings (SSSR count). The molecule has 7 nitrogen and oxygen atoms in total. The maximum absolute atomic E-state index is 12.7. The SMILES string of the molecule is N#Cc1ccc(/C=N/Nc2cccc(C(=O)Nc3ccnc(C(F)(F)F)c3)n2)cc1. The minimum atomic E-state index is -4.62. The van der Waals surface area contributed by atoms with Crippen molar-refractivity contribution in [2.24, 2.45) is 5.10 Å². The van der Waals surface area contributed by atoms with Crippen LogP contribution in [0.25, 0.3) is 0 Å². The molecule has 2 aromatic heterocycles. The number of nitrogens with zero attached hydrogens (tertiary/aromatic N) is 4. The first-order valence-electron chi connectivity index (χ1n) is 8.46. The highest BCUT2D eigenvalue weighted by Gasteiger charge is 2.32. The summed E-state index contributed by atoms with van der Waals surface area (Å²) in [5.74, 6) is -0.424. The molecule has 2 N–H and O–H groups in total. The number of carbonyl (C=O) groups excluding carboxylic acids is 1. The summed E-state index contributed by atoms with van der Waals surface area (Å²) in [6.07, 6.45) is -2.15. The van der Waals surface area contributed by atoms with E-state index in [-0.39, 0.29) is 17.2 Å². The molecule has 0 fully saturated rings. The number of halogens is 3. The maximum Gasteiger partial charge on any atom is 0.433 e. The molecule has 0 aliphatic carbocycles. The second kappa shape index (κ2) is 8.83. The Labute approximate surface area is 168 Å². The third kappa shape index (κ3) is 5.39. The van der Waals surface area contributed by atoms with Crippen molar-refractivity contribution in [2.75, 3.05) is 10.7 Å². The number of nitriles is 1. The van der Waals surface area contributed by atoms with E-state index < -0.39 is 17.8 Å². The standard InChI is InChI=1S/C20H13F3N6O/c21-20(22,23)17-10-15(8-9-25-17)27-19(30)16-2-1-3-18(28-16)29-26-12-14-6-4-13(11-24)5-7-14/h1-10,12H,(H,28,29)(H,25,27,30)/b26-12+. The number of nitrogens with one attached hydrogen (secondary N) is 2. The number of benzene rings is 1. The Morgan fingerprint density at radius 2 is 1.90 bits per heavy atom. The topological polar surface area (TPSA) is 103 Å². The number of carbonyl (C=O) groups is 1. The Morgan fingerprint density at radius 1 is 1.13 bits per heavy atom. The van der Waals surface area contributed by atoms with Gasteiger partial charge in [-0.05, 0) is 42.0 Å². The van der Waals surface area contributed by atoms with Crippen molar-refractivity contribution in [1.82, 2.24) is 9.97 Å². The molecule has 2 heterocycles. The Morgan fingerprint density at radius 3 is 2.60 bits per heavy atom. The van der Waals surface area contributed by atoms with Crippen molar-refractivity contribution < 1.29 is 18.0 Å². The highest BCUT2D eigenvalue weighted by molar-refractivity contribution is 6.03. The molecular weight excluding hydrogens is 397 g/mol. The average Bonchev–Trinajstić information content (AvgIpc) is 2.74. The van der Waals surface area contributed by atoms with Gasteiger partial charge in [0.25, 0.3) is 5.91 Å². The van der Waals surface area contributed by atoms with Gasteiger partial charge in [-0.1, -0.05) is 18.2 Å². The number of pyridine rings is 2. The van der Waals surface area contributed by atoms with E-state index in [9.17, 15) is 18.0 Å². The van der Waals surface area contributed by atoms with Gasteiger partial charge in [0.2, 0.25) is 0 Å². The van der Waals surface area contributed by atoms with Gasteiger partial charge in [0.15, 0.2) is 0 Å². The fraction of sp³-hybridized carbons (Fsp3) is 0.0500. The Bertz CT molecular complexity index is 1120. The molecule has 0 unspecified atom stereocenters. The molecule has 1 aromatic carbocycles. The summed E-state index contributed by atoms with van der Waals surface area (Å²) in [6, 6.07) is 15.3. The van der Waals surface area contributed by atoms with Crippen molar-refractivity contribution in [3.05, 3.63) is 83.3 Å². The van der Waals surface area contributed by atoms with Crippen LogP contribution in [-0.4, -0.2) is 22.1 Å². The van der Waals surface area contributed by atoms with Crippen LogP contribution >= 0.6 is 0 Å². The summed E-state index contributed by atoms with van der Waals surface area (Å²) >= 11 is 0. The fourth-order valence-electron chi connectivity index (χ4n) is 2.30. The van der Waals surface area contributed by atoms with E-state index in [1.807, 2.05) is 6.07 Å². The summed E-state index contributed by atoms with van der Waals surface area (Å²) in [5, 5.41) is 15.1. The first kappa shape index (κ1) is 20.5. The van der Waals surface area contributed by atoms with Gasteiger partial charge in [-0.15, -0.1) is 0 Å². The maximum atomic E-state index is 12.7. The summed E-state index contributed by atoms with van der Waals surface area (Å²) in [5.41, 5.74) is 2.75. The van der Waals surface area contributed by atoms with Gasteiger partial charge in [0.05, 0.1) is 17.8 Å². The molecule has 150 valence electrons. The van der Waals surface area contributed by atoms with Gasteiger partial charge in [0, 0.05) is 11.9 Å². The van der Waals surface area contributed by atoms with E-state index in [1.54, 1.807) is 36.4 Å². The smallest absolute Gasteiger partial charge is 0.321 e. The monoisotopic (exact) mass is 410 g/mol. The second-order valence-corrected chi connectivity index (χ2v) is 5.89. The zero-order valence-corrected chi connectivity index (χ0v) is 15.2. The summed E-state index contributed by atoms with van der Waals surface area (Å²) < 4.78 is 38.2. The van der Waals surface area contributed by atoms with E-state index in [1.165, 1.54) is 18.3 Å². The van der Waals surface area contributed by atoms with Crippen LogP contribution in [0.15, 0.2) is 65.9 Å². The Hall–Kier alpha value is -4.26. The van der Waals surface area contributed by atoms with Gasteiger partial charge in [-0.2, -0.15) is 23.5 Å². The summed E-state index contributed by atoms with van der Waals surface area (Å²) in [6.45, 7) is 0. The van der Waals surface area contributed by atoms with Crippen molar-refractivity contribution >= 4 is 23.6 Å². The van der Waals surface area contributed by atoms with Crippen LogP contribution in [0.3, 0.4) is 0 Å². The van der Waals surface area contributed by atoms with Gasteiger partial charge in [-0.25, -0.2) is 4.98 Å². The van der Waals surface area contributed by atoms with Gasteiger partial charge in [-0.3, -0.25) is 15.2 Å². The molecule has 0 radical (unpaired) electrons. The van der Waals surface area contributed by atoms with E-state index in [0.29, 0.717) is 5.56 Å². The summed E-state index contributed by atoms with van der Waals surface area (Å²) in [7, 11) is 0. The predicted molar refractivity (Wildman–Crippen MR) is 104 cm³/mol. The van der Waals surface area contributed by atoms with Crippen molar-refractivity contribution in [3.8, 4) is 6.07 Å². The molecule has 0 aliphatic rings. The van der Waals surface area contributed by atoms with E-state index >= 15 is 0 Å². The van der Waals surface area contributed by atoms with Crippen LogP contribution < -0.4 is 10.7 Å². The molecule has 0 spiro atoms. The number of aromatic nitrogens is 2. The highest BCUT2D eigenvalue weighted by Crippen LogP contribution is 2.28. The number of alkyl halides is 3. The number of amides is 1. The minimum Gasteiger partial charge on any atom is -0.321 e. The molecule has 0 saturated carbocycles. The largest absolute Gasteiger partial charge is 0.433 e. The van der Waals surface area contributed by atoms with Crippen LogP contribution in [0.5, 0.6) is 0 Å². The molecule has 30 heavy (non-hydrogen) atoms. The molecule has 10 heteroatoms. The Kier molecular flexibility index (Phi) is 6.03. The van der Waals surface area contributed by atoms with Crippen LogP contribution in [0.1, 0.15) is 27.3 Å². The van der Waals surface area contributed by atoms with E-state index in [0.717, 1.165) is 17.8 Å². The number of hydrazone groups is 1. The molecule has 0 atom stereocenters. The lowest BCUT2D eigenvalue weighted by Gasteiger charge is -2.09. The van der Waals surface area contributed by atoms with Crippen molar-refractivity contribution in [3.63, 3.8) is 0 Å². The lowest BCUT2D eigenvalue weighted by Crippen LogP contribution is -2.15. The molecule has 0 bridgehead atoms. The van der Waals surface area contributed by atoms with Crippen molar-refractivity contribution in [2.45, 2.75) is 6.18 Å². The molecule has 3 aromatic rings. The van der Waals surface area contributed by atoms with Gasteiger partial charge < -0.3 is 5.32 Å². The zero-order valence-electron chi connectivity index (χ0n) is 15.2. The Balaban J connectivity index is 1.66. The normalized spacial score (nSPS) is 11.1. The lowest BCUT2D eigenvalue weighted by atomic mass is 10.2. The molecular formula is C20H13F3N6O. The number of hydrogen-bond donors (Lipinski definition) is 2. The van der Waals surface area contributed by atoms with Crippen LogP contribution in [0.4, 0.5) is 24.7 Å². The molecule has 0 aliphatic heterocycles. The first-order chi connectivity index (χ1) is 14.3. The van der Waals surface area contributed by atoms with Crippen molar-refractivity contribution in [1.29, 1.82) is 5.26 Å². The second-order valence-electron chi connectivity index (χ2n) is 5.89. The number of anilines is 2.